The zero-order chi connectivity index (χ0) is 80.9. The van der Waals surface area contributed by atoms with Crippen LogP contribution in [0.5, 0.6) is 0 Å². The van der Waals surface area contributed by atoms with E-state index < -0.39 is 0 Å². The van der Waals surface area contributed by atoms with Crippen molar-refractivity contribution in [3.63, 3.8) is 0 Å². The highest BCUT2D eigenvalue weighted by atomic mass is 32.1. The van der Waals surface area contributed by atoms with Crippen molar-refractivity contribution < 1.29 is 0 Å². The molecule has 8 aliphatic rings. The molecule has 0 radical (unpaired) electrons. The second-order valence-corrected chi connectivity index (χ2v) is 45.3. The fourth-order valence-electron chi connectivity index (χ4n) is 17.2. The first kappa shape index (κ1) is 95.3. The average molecular weight is 1560 g/mol. The van der Waals surface area contributed by atoms with Crippen LogP contribution in [-0.4, -0.2) is 151 Å². The fraction of sp³-hybridized carbons (Fsp3) is 0.811. The highest BCUT2D eigenvalue weighted by Crippen LogP contribution is 2.52. The molecule has 4 aromatic heterocycles. The van der Waals surface area contributed by atoms with Crippen LogP contribution in [0.1, 0.15) is 316 Å². The molecule has 1 aliphatic carbocycles. The Bertz CT molecular complexity index is 3290. The summed E-state index contributed by atoms with van der Waals surface area (Å²) in [5.41, 5.74) is 14.9. The number of rotatable bonds is 12. The number of nitrogens with one attached hydrogen (secondary N) is 1. The molecule has 7 fully saturated rings. The number of nitrogens with zero attached hydrogens (tertiary/aromatic N) is 12. The zero-order valence-electron chi connectivity index (χ0n) is 75.9. The number of aromatic nitrogens is 5. The maximum Gasteiger partial charge on any atom is 0.122 e. The average Bonchev–Trinajstić information content (AvgIpc) is 1.33. The number of likely N-dealkylation sites (tertiary alicyclic amines) is 6. The van der Waals surface area contributed by atoms with E-state index in [0.29, 0.717) is 65.0 Å². The number of hydrogen-bond donors (Lipinski definition) is 1. The van der Waals surface area contributed by atoms with E-state index in [0.717, 1.165) is 55.9 Å². The third-order valence-corrected chi connectivity index (χ3v) is 33.0. The van der Waals surface area contributed by atoms with Crippen molar-refractivity contribution in [2.75, 3.05) is 91.6 Å². The highest BCUT2D eigenvalue weighted by Gasteiger charge is 2.45. The second-order valence-electron chi connectivity index (χ2n) is 43.4. The minimum Gasteiger partial charge on any atom is -0.337 e. The molecule has 1 saturated carbocycles. The van der Waals surface area contributed by atoms with Crippen molar-refractivity contribution in [1.82, 2.24) is 58.9 Å². The Morgan fingerprint density at radius 2 is 0.845 bits per heavy atom. The first-order valence-electron chi connectivity index (χ1n) is 43.4. The summed E-state index contributed by atoms with van der Waals surface area (Å²) in [6.07, 6.45) is 33.2. The number of hydrogen-bond acceptors (Lipinski definition) is 13. The number of hydrazone groups is 1. The van der Waals surface area contributed by atoms with Crippen LogP contribution in [0, 0.1) is 84.7 Å². The number of thiazole rings is 1. The van der Waals surface area contributed by atoms with Crippen molar-refractivity contribution in [2.45, 2.75) is 323 Å². The van der Waals surface area contributed by atoms with E-state index in [1.165, 1.54) is 221 Å². The van der Waals surface area contributed by atoms with Gasteiger partial charge in [-0.25, -0.2) is 15.0 Å². The molecule has 12 rings (SSSR count). The van der Waals surface area contributed by atoms with Crippen LogP contribution in [0.25, 0.3) is 0 Å². The Labute approximate surface area is 686 Å². The molecule has 0 spiro atoms. The van der Waals surface area contributed by atoms with Gasteiger partial charge in [-0.1, -0.05) is 206 Å². The van der Waals surface area contributed by atoms with Crippen LogP contribution in [0.2, 0.25) is 0 Å². The number of allylic oxidation sites excluding steroid dienone is 1. The number of thiophene rings is 1. The summed E-state index contributed by atoms with van der Waals surface area (Å²) in [6.45, 7) is 87.1. The van der Waals surface area contributed by atoms with Gasteiger partial charge in [0.2, 0.25) is 0 Å². The second kappa shape index (κ2) is 39.6. The molecule has 6 saturated heterocycles. The molecule has 15 heteroatoms. The van der Waals surface area contributed by atoms with Gasteiger partial charge in [-0.2, -0.15) is 5.10 Å². The molecule has 4 aromatic rings. The predicted molar refractivity (Wildman–Crippen MR) is 479 cm³/mol. The number of imidazole rings is 2. The Hall–Kier alpha value is -3.54. The van der Waals surface area contributed by atoms with Gasteiger partial charge in [0, 0.05) is 80.9 Å². The van der Waals surface area contributed by atoms with Gasteiger partial charge < -0.3 is 14.0 Å². The van der Waals surface area contributed by atoms with E-state index in [-0.39, 0.29) is 7.43 Å². The van der Waals surface area contributed by atoms with Crippen molar-refractivity contribution in [2.24, 2.45) is 90.1 Å². The third kappa shape index (κ3) is 26.7. The normalized spacial score (nSPS) is 22.5. The quantitative estimate of drug-likeness (QED) is 0.148. The SMILES string of the molecule is C.C=C1C=CC(CN2CCC(C)(C(C)(C)C)CC2)=NN1.CC(C)(C)C1(C)CCN(CC2CCCCC2)CC1.CC(C)(C)C1(C)CCN(Cc2cccs2)CC1.Cc1ncc(CN2CCC(C)(C(C)(C)C)CC2)n1C.Cc1ncsc1CN1CCC(C)(C(C)(C)C)CC1.Cn1ccnc1CN1CCC(C)(C(C)(C)C)CC1. The molecule has 0 aromatic carbocycles. The highest BCUT2D eigenvalue weighted by molar-refractivity contribution is 7.10. The van der Waals surface area contributed by atoms with Crippen LogP contribution in [-0.2, 0) is 40.3 Å². The molecular formula is C95H171N13S2. The van der Waals surface area contributed by atoms with E-state index in [1.807, 2.05) is 41.5 Å². The molecule has 0 unspecified atom stereocenters. The summed E-state index contributed by atoms with van der Waals surface area (Å²) in [5, 5.41) is 6.51. The molecule has 7 aliphatic heterocycles. The van der Waals surface area contributed by atoms with Crippen molar-refractivity contribution in [1.29, 1.82) is 0 Å². The van der Waals surface area contributed by atoms with Crippen molar-refractivity contribution in [3.8, 4) is 0 Å². The fourth-order valence-corrected chi connectivity index (χ4v) is 18.8. The van der Waals surface area contributed by atoms with Crippen molar-refractivity contribution in [3.05, 3.63) is 98.8 Å². The molecule has 13 nitrogen and oxygen atoms in total. The maximum atomic E-state index is 4.42. The van der Waals surface area contributed by atoms with Gasteiger partial charge in [-0.3, -0.25) is 29.9 Å². The Morgan fingerprint density at radius 3 is 1.17 bits per heavy atom. The molecule has 1 N–H and O–H groups in total. The monoisotopic (exact) mass is 1560 g/mol. The van der Waals surface area contributed by atoms with Crippen molar-refractivity contribution >= 4 is 28.4 Å². The van der Waals surface area contributed by atoms with E-state index in [1.54, 1.807) is 11.3 Å². The summed E-state index contributed by atoms with van der Waals surface area (Å²) in [6, 6.07) is 4.41. The molecular weight excluding hydrogens is 1390 g/mol. The molecule has 110 heavy (non-hydrogen) atoms. The van der Waals surface area contributed by atoms with Gasteiger partial charge in [0.1, 0.15) is 11.6 Å². The van der Waals surface area contributed by atoms with Crippen LogP contribution in [0.4, 0.5) is 0 Å². The smallest absolute Gasteiger partial charge is 0.122 e. The topological polar surface area (TPSA) is 92.4 Å². The van der Waals surface area contributed by atoms with Gasteiger partial charge in [0.25, 0.3) is 0 Å². The summed E-state index contributed by atoms with van der Waals surface area (Å²) in [5.74, 6) is 3.29. The Kier molecular flexibility index (Phi) is 34.3. The van der Waals surface area contributed by atoms with Crippen LogP contribution in [0.3, 0.4) is 0 Å². The lowest BCUT2D eigenvalue weighted by molar-refractivity contribution is 0.0155. The lowest BCUT2D eigenvalue weighted by Gasteiger charge is -2.48. The maximum absolute atomic E-state index is 4.42. The standard InChI is InChI=1S/C17H33N.C16H29N3.C16H27N3.C15H27N3.C15H26N2S.C15H25NS.CH4/c1-16(2,3)17(4)10-12-18(13-11-17)14-15-8-6-5-7-9-15;1-13-17-11-14(18(13)6)12-19-9-7-16(5,8-10-19)15(2,3)4;1-13-6-7-14(18-17-13)12-19-10-8-16(5,9-11-19)15(2,3)4;1-14(2,3)15(4)6-9-18(10-7-15)12-13-16-8-11-17(13)5;1-12-13(18-11-16-12)10-17-8-6-15(5,7-9-17)14(2,3)4;1-14(2,3)15(4)7-9-16(10-8-15)12-13-6-5-11-17-13;/h15H,5-14H2,1-4H3;11H,7-10,12H2,1-6H3;6-7,17H,1,8-12H2,2-5H3;8,11H,6-7,9-10,12H2,1-5H3;11H,6-10H2,1-5H3;5-6,11H,7-10,12H2,1-4H3;1H4. The van der Waals surface area contributed by atoms with Crippen LogP contribution >= 0.6 is 22.7 Å². The van der Waals surface area contributed by atoms with E-state index in [2.05, 4.69) is 288 Å². The van der Waals surface area contributed by atoms with Gasteiger partial charge >= 0.3 is 0 Å². The van der Waals surface area contributed by atoms with Gasteiger partial charge in [0.15, 0.2) is 0 Å². The predicted octanol–water partition coefficient (Wildman–Crippen LogP) is 23.5. The van der Waals surface area contributed by atoms with E-state index in [4.69, 9.17) is 0 Å². The lowest BCUT2D eigenvalue weighted by atomic mass is 9.63. The third-order valence-electron chi connectivity index (χ3n) is 31.2. The van der Waals surface area contributed by atoms with Gasteiger partial charge in [0.05, 0.1) is 29.2 Å². The minimum atomic E-state index is 0. The molecule has 0 amide bonds. The van der Waals surface area contributed by atoms with E-state index >= 15 is 0 Å². The number of piperidine rings is 6. The molecule has 11 heterocycles. The Morgan fingerprint density at radius 1 is 0.464 bits per heavy atom. The van der Waals surface area contributed by atoms with E-state index in [9.17, 15) is 0 Å². The summed E-state index contributed by atoms with van der Waals surface area (Å²) >= 11 is 3.68. The minimum absolute atomic E-state index is 0. The first-order valence-corrected chi connectivity index (χ1v) is 45.1. The molecule has 628 valence electrons. The van der Waals surface area contributed by atoms with Gasteiger partial charge in [-0.05, 0) is 277 Å². The largest absolute Gasteiger partial charge is 0.337 e. The Balaban J connectivity index is 0.000000206. The van der Waals surface area contributed by atoms with Gasteiger partial charge in [-0.15, -0.1) is 22.7 Å². The zero-order valence-corrected chi connectivity index (χ0v) is 77.5. The first-order chi connectivity index (χ1) is 50.5. The summed E-state index contributed by atoms with van der Waals surface area (Å²) < 4.78 is 4.33. The molecule has 0 atom stereocenters. The molecule has 0 bridgehead atoms. The summed E-state index contributed by atoms with van der Waals surface area (Å²) in [7, 11) is 4.19. The lowest BCUT2D eigenvalue weighted by Crippen LogP contribution is -2.46. The summed E-state index contributed by atoms with van der Waals surface area (Å²) in [4.78, 5) is 31.7. The van der Waals surface area contributed by atoms with Crippen LogP contribution in [0.15, 0.2) is 71.1 Å². The van der Waals surface area contributed by atoms with Crippen LogP contribution < -0.4 is 5.43 Å². The number of aryl methyl sites for hydroxylation is 3.